The fraction of sp³-hybridized carbons (Fsp3) is 0.296. The first-order valence-electron chi connectivity index (χ1n) is 10.9. The summed E-state index contributed by atoms with van der Waals surface area (Å²) < 4.78 is 11.2. The number of carbonyl (C=O) groups excluding carboxylic acids is 1. The van der Waals surface area contributed by atoms with Crippen molar-refractivity contribution in [3.05, 3.63) is 78.4 Å². The fourth-order valence-electron chi connectivity index (χ4n) is 3.29. The van der Waals surface area contributed by atoms with Crippen molar-refractivity contribution in [3.63, 3.8) is 0 Å². The number of ether oxygens (including phenoxy) is 2. The van der Waals surface area contributed by atoms with Crippen LogP contribution < -0.4 is 9.47 Å². The average Bonchev–Trinajstić information content (AvgIpc) is 2.78. The number of benzene rings is 3. The van der Waals surface area contributed by atoms with Crippen molar-refractivity contribution in [2.45, 2.75) is 45.4 Å². The van der Waals surface area contributed by atoms with E-state index in [0.717, 1.165) is 35.1 Å². The number of fused-ring (bicyclic) bond motifs is 1. The summed E-state index contributed by atoms with van der Waals surface area (Å²) in [7, 11) is 0. The Labute approximate surface area is 179 Å². The van der Waals surface area contributed by atoms with Crippen LogP contribution in [0.5, 0.6) is 11.5 Å². The Bertz CT molecular complexity index is 957. The second-order valence-corrected chi connectivity index (χ2v) is 7.45. The molecule has 0 aliphatic heterocycles. The SMILES string of the molecule is CCCCCCCCOc1ccc(/C=C/C(=O)Oc2ccc3ccccc3c2)cc1. The largest absolute Gasteiger partial charge is 0.494 e. The van der Waals surface area contributed by atoms with E-state index in [1.54, 1.807) is 6.08 Å². The van der Waals surface area contributed by atoms with Crippen LogP contribution >= 0.6 is 0 Å². The van der Waals surface area contributed by atoms with Gasteiger partial charge in [-0.2, -0.15) is 0 Å². The van der Waals surface area contributed by atoms with Gasteiger partial charge in [0.25, 0.3) is 0 Å². The molecule has 0 unspecified atom stereocenters. The van der Waals surface area contributed by atoms with Crippen molar-refractivity contribution in [3.8, 4) is 11.5 Å². The lowest BCUT2D eigenvalue weighted by Gasteiger charge is -2.06. The highest BCUT2D eigenvalue weighted by Gasteiger charge is 2.02. The maximum atomic E-state index is 12.1. The molecule has 3 aromatic rings. The van der Waals surface area contributed by atoms with Crippen LogP contribution in [0.2, 0.25) is 0 Å². The Morgan fingerprint density at radius 1 is 0.800 bits per heavy atom. The van der Waals surface area contributed by atoms with Gasteiger partial charge >= 0.3 is 5.97 Å². The first-order valence-corrected chi connectivity index (χ1v) is 10.9. The predicted molar refractivity (Wildman–Crippen MR) is 124 cm³/mol. The summed E-state index contributed by atoms with van der Waals surface area (Å²) in [6.45, 7) is 2.98. The third-order valence-corrected chi connectivity index (χ3v) is 5.00. The van der Waals surface area contributed by atoms with Gasteiger partial charge in [-0.25, -0.2) is 4.79 Å². The molecule has 30 heavy (non-hydrogen) atoms. The third-order valence-electron chi connectivity index (χ3n) is 5.00. The minimum Gasteiger partial charge on any atom is -0.494 e. The monoisotopic (exact) mass is 402 g/mol. The fourth-order valence-corrected chi connectivity index (χ4v) is 3.29. The maximum Gasteiger partial charge on any atom is 0.336 e. The maximum absolute atomic E-state index is 12.1. The minimum atomic E-state index is -0.395. The van der Waals surface area contributed by atoms with E-state index in [-0.39, 0.29) is 0 Å². The number of rotatable bonds is 11. The zero-order valence-electron chi connectivity index (χ0n) is 17.7. The van der Waals surface area contributed by atoms with Gasteiger partial charge in [-0.3, -0.25) is 0 Å². The van der Waals surface area contributed by atoms with E-state index in [1.165, 1.54) is 38.2 Å². The highest BCUT2D eigenvalue weighted by Crippen LogP contribution is 2.21. The summed E-state index contributed by atoms with van der Waals surface area (Å²) in [5.74, 6) is 1.01. The van der Waals surface area contributed by atoms with Gasteiger partial charge in [0.15, 0.2) is 0 Å². The summed E-state index contributed by atoms with van der Waals surface area (Å²) in [5.41, 5.74) is 0.928. The van der Waals surface area contributed by atoms with Gasteiger partial charge in [-0.1, -0.05) is 81.5 Å². The van der Waals surface area contributed by atoms with Crippen molar-refractivity contribution >= 4 is 22.8 Å². The van der Waals surface area contributed by atoms with E-state index < -0.39 is 5.97 Å². The van der Waals surface area contributed by atoms with Gasteiger partial charge in [0.1, 0.15) is 11.5 Å². The van der Waals surface area contributed by atoms with E-state index in [2.05, 4.69) is 6.92 Å². The summed E-state index contributed by atoms with van der Waals surface area (Å²) in [5, 5.41) is 2.16. The summed E-state index contributed by atoms with van der Waals surface area (Å²) in [4.78, 5) is 12.1. The van der Waals surface area contributed by atoms with Crippen molar-refractivity contribution in [2.24, 2.45) is 0 Å². The van der Waals surface area contributed by atoms with Gasteiger partial charge in [0.2, 0.25) is 0 Å². The summed E-state index contributed by atoms with van der Waals surface area (Å²) in [6.07, 6.45) is 10.7. The molecule has 3 nitrogen and oxygen atoms in total. The standard InChI is InChI=1S/C27H30O3/c1-2-3-4-5-6-9-20-29-25-16-12-22(13-17-25)14-19-27(28)30-26-18-15-23-10-7-8-11-24(23)21-26/h7-8,10-19,21H,2-6,9,20H2,1H3/b19-14+. The van der Waals surface area contributed by atoms with Crippen molar-refractivity contribution < 1.29 is 14.3 Å². The van der Waals surface area contributed by atoms with Gasteiger partial charge < -0.3 is 9.47 Å². The Hall–Kier alpha value is -3.07. The van der Waals surface area contributed by atoms with Crippen LogP contribution in [0.4, 0.5) is 0 Å². The first-order chi connectivity index (χ1) is 14.7. The quantitative estimate of drug-likeness (QED) is 0.147. The normalized spacial score (nSPS) is 11.1. The number of esters is 1. The molecule has 0 aliphatic carbocycles. The van der Waals surface area contributed by atoms with Crippen LogP contribution in [0.3, 0.4) is 0 Å². The smallest absolute Gasteiger partial charge is 0.336 e. The lowest BCUT2D eigenvalue weighted by Crippen LogP contribution is -2.03. The number of carbonyl (C=O) groups is 1. The van der Waals surface area contributed by atoms with Gasteiger partial charge in [0, 0.05) is 6.08 Å². The van der Waals surface area contributed by atoms with Crippen LogP contribution in [0.25, 0.3) is 16.8 Å². The molecule has 0 aromatic heterocycles. The summed E-state index contributed by atoms with van der Waals surface area (Å²) in [6, 6.07) is 21.4. The highest BCUT2D eigenvalue weighted by molar-refractivity contribution is 5.90. The molecule has 0 radical (unpaired) electrons. The molecule has 0 N–H and O–H groups in total. The van der Waals surface area contributed by atoms with Gasteiger partial charge in [-0.05, 0) is 53.1 Å². The Kier molecular flexibility index (Phi) is 8.52. The van der Waals surface area contributed by atoms with E-state index in [4.69, 9.17) is 9.47 Å². The van der Waals surface area contributed by atoms with Crippen LogP contribution in [0, 0.1) is 0 Å². The molecule has 0 aliphatic rings. The molecule has 0 saturated heterocycles. The Morgan fingerprint density at radius 3 is 2.30 bits per heavy atom. The molecule has 3 rings (SSSR count). The van der Waals surface area contributed by atoms with E-state index >= 15 is 0 Å². The Morgan fingerprint density at radius 2 is 1.50 bits per heavy atom. The molecule has 0 amide bonds. The Balaban J connectivity index is 1.43. The lowest BCUT2D eigenvalue weighted by atomic mass is 10.1. The second-order valence-electron chi connectivity index (χ2n) is 7.45. The van der Waals surface area contributed by atoms with Crippen molar-refractivity contribution in [1.29, 1.82) is 0 Å². The molecule has 0 saturated carbocycles. The molecular weight excluding hydrogens is 372 g/mol. The van der Waals surface area contributed by atoms with Crippen LogP contribution in [0.1, 0.15) is 51.0 Å². The minimum absolute atomic E-state index is 0.395. The average molecular weight is 403 g/mol. The van der Waals surface area contributed by atoms with E-state index in [0.29, 0.717) is 5.75 Å². The van der Waals surface area contributed by atoms with Crippen molar-refractivity contribution in [1.82, 2.24) is 0 Å². The second kappa shape index (κ2) is 11.8. The number of hydrogen-bond acceptors (Lipinski definition) is 3. The lowest BCUT2D eigenvalue weighted by molar-refractivity contribution is -0.128. The molecule has 0 spiro atoms. The van der Waals surface area contributed by atoms with E-state index in [9.17, 15) is 4.79 Å². The third kappa shape index (κ3) is 7.07. The van der Waals surface area contributed by atoms with Crippen molar-refractivity contribution in [2.75, 3.05) is 6.61 Å². The highest BCUT2D eigenvalue weighted by atomic mass is 16.5. The first kappa shape index (κ1) is 21.6. The van der Waals surface area contributed by atoms with Crippen LogP contribution in [-0.4, -0.2) is 12.6 Å². The van der Waals surface area contributed by atoms with Gasteiger partial charge in [-0.15, -0.1) is 0 Å². The molecule has 156 valence electrons. The predicted octanol–water partition coefficient (Wildman–Crippen LogP) is 7.20. The molecule has 0 atom stereocenters. The van der Waals surface area contributed by atoms with Crippen LogP contribution in [-0.2, 0) is 4.79 Å². The molecule has 3 heteroatoms. The molecule has 0 fully saturated rings. The van der Waals surface area contributed by atoms with Gasteiger partial charge in [0.05, 0.1) is 6.61 Å². The molecular formula is C27H30O3. The number of unbranched alkanes of at least 4 members (excludes halogenated alkanes) is 5. The molecule has 0 bridgehead atoms. The van der Waals surface area contributed by atoms with E-state index in [1.807, 2.05) is 66.7 Å². The van der Waals surface area contributed by atoms with Crippen LogP contribution in [0.15, 0.2) is 72.8 Å². The zero-order valence-corrected chi connectivity index (χ0v) is 17.7. The number of hydrogen-bond donors (Lipinski definition) is 0. The topological polar surface area (TPSA) is 35.5 Å². The summed E-state index contributed by atoms with van der Waals surface area (Å²) >= 11 is 0. The molecule has 0 heterocycles. The molecule has 3 aromatic carbocycles. The zero-order chi connectivity index (χ0) is 21.0.